The first-order valence-electron chi connectivity index (χ1n) is 6.67. The van der Waals surface area contributed by atoms with Crippen molar-refractivity contribution >= 4 is 11.6 Å². The molecule has 0 fully saturated rings. The number of carbonyl (C=O) groups is 1. The molecule has 2 aromatic rings. The molecule has 0 aliphatic carbocycles. The summed E-state index contributed by atoms with van der Waals surface area (Å²) in [5.41, 5.74) is 6.65. The smallest absolute Gasteiger partial charge is 0.253 e. The molecule has 7 nitrogen and oxygen atoms in total. The number of ether oxygens (including phenoxy) is 2. The molecular formula is C14H16N4O3. The Balaban J connectivity index is 1.55. The second-order valence-corrected chi connectivity index (χ2v) is 4.70. The van der Waals surface area contributed by atoms with Gasteiger partial charge in [0.05, 0.1) is 11.9 Å². The average Bonchev–Trinajstić information content (AvgIpc) is 3.13. The molecule has 3 rings (SSSR count). The zero-order valence-electron chi connectivity index (χ0n) is 11.4. The Morgan fingerprint density at radius 2 is 2.19 bits per heavy atom. The molecule has 0 spiro atoms. The Morgan fingerprint density at radius 1 is 1.38 bits per heavy atom. The molecule has 110 valence electrons. The van der Waals surface area contributed by atoms with E-state index in [1.54, 1.807) is 24.7 Å². The van der Waals surface area contributed by atoms with Crippen LogP contribution in [-0.2, 0) is 6.54 Å². The minimum atomic E-state index is -0.212. The van der Waals surface area contributed by atoms with Crippen LogP contribution in [0.4, 0.5) is 5.69 Å². The lowest BCUT2D eigenvalue weighted by Gasteiger charge is -2.09. The zero-order valence-corrected chi connectivity index (χ0v) is 11.4. The quantitative estimate of drug-likeness (QED) is 0.633. The van der Waals surface area contributed by atoms with E-state index in [1.165, 1.54) is 0 Å². The molecule has 2 heterocycles. The van der Waals surface area contributed by atoms with Crippen molar-refractivity contribution in [2.45, 2.75) is 13.0 Å². The van der Waals surface area contributed by atoms with Crippen molar-refractivity contribution < 1.29 is 14.3 Å². The van der Waals surface area contributed by atoms with Gasteiger partial charge in [-0.15, -0.1) is 0 Å². The van der Waals surface area contributed by atoms with Crippen LogP contribution in [-0.4, -0.2) is 28.8 Å². The highest BCUT2D eigenvalue weighted by molar-refractivity contribution is 6.00. The number of anilines is 1. The summed E-state index contributed by atoms with van der Waals surface area (Å²) >= 11 is 0. The first kappa shape index (κ1) is 13.3. The molecule has 3 N–H and O–H groups in total. The Hall–Kier alpha value is -2.70. The molecule has 0 unspecified atom stereocenters. The highest BCUT2D eigenvalue weighted by Crippen LogP contribution is 2.35. The van der Waals surface area contributed by atoms with Crippen LogP contribution in [0.3, 0.4) is 0 Å². The van der Waals surface area contributed by atoms with Crippen molar-refractivity contribution in [2.75, 3.05) is 19.1 Å². The highest BCUT2D eigenvalue weighted by atomic mass is 16.7. The Bertz CT molecular complexity index is 640. The van der Waals surface area contributed by atoms with Crippen molar-refractivity contribution in [3.05, 3.63) is 36.4 Å². The average molecular weight is 288 g/mol. The third-order valence-corrected chi connectivity index (χ3v) is 3.23. The third-order valence-electron chi connectivity index (χ3n) is 3.23. The van der Waals surface area contributed by atoms with E-state index in [4.69, 9.17) is 15.2 Å². The van der Waals surface area contributed by atoms with Crippen LogP contribution in [0.1, 0.15) is 16.8 Å². The van der Waals surface area contributed by atoms with Crippen LogP contribution in [0.5, 0.6) is 11.5 Å². The zero-order chi connectivity index (χ0) is 14.7. The van der Waals surface area contributed by atoms with Crippen LogP contribution in [0.25, 0.3) is 0 Å². The number of benzene rings is 1. The molecule has 1 aliphatic heterocycles. The number of nitrogens with zero attached hydrogens (tertiary/aromatic N) is 2. The molecular weight excluding hydrogens is 272 g/mol. The minimum Gasteiger partial charge on any atom is -0.454 e. The fourth-order valence-electron chi connectivity index (χ4n) is 2.13. The van der Waals surface area contributed by atoms with Crippen LogP contribution < -0.4 is 20.5 Å². The molecule has 1 amide bonds. The number of aromatic nitrogens is 2. The van der Waals surface area contributed by atoms with Gasteiger partial charge in [-0.3, -0.25) is 4.79 Å². The lowest BCUT2D eigenvalue weighted by molar-refractivity contribution is 0.0953. The number of nitrogens with two attached hydrogens (primary N) is 1. The van der Waals surface area contributed by atoms with E-state index in [2.05, 4.69) is 10.3 Å². The van der Waals surface area contributed by atoms with E-state index >= 15 is 0 Å². The second-order valence-electron chi connectivity index (χ2n) is 4.70. The SMILES string of the molecule is Nc1cc2c(cc1C(=O)NCCCn1ccnc1)OCO2. The monoisotopic (exact) mass is 288 g/mol. The number of amides is 1. The number of rotatable bonds is 5. The largest absolute Gasteiger partial charge is 0.454 e. The summed E-state index contributed by atoms with van der Waals surface area (Å²) in [6.07, 6.45) is 6.17. The maximum absolute atomic E-state index is 12.1. The number of nitrogens with one attached hydrogen (secondary N) is 1. The van der Waals surface area contributed by atoms with Gasteiger partial charge < -0.3 is 25.1 Å². The number of aryl methyl sites for hydroxylation is 1. The van der Waals surface area contributed by atoms with E-state index in [-0.39, 0.29) is 12.7 Å². The van der Waals surface area contributed by atoms with Crippen molar-refractivity contribution in [1.29, 1.82) is 0 Å². The van der Waals surface area contributed by atoms with Crippen molar-refractivity contribution in [3.8, 4) is 11.5 Å². The molecule has 21 heavy (non-hydrogen) atoms. The summed E-state index contributed by atoms with van der Waals surface area (Å²) in [4.78, 5) is 16.1. The van der Waals surface area contributed by atoms with Crippen LogP contribution in [0.15, 0.2) is 30.9 Å². The van der Waals surface area contributed by atoms with Gasteiger partial charge in [0.2, 0.25) is 6.79 Å². The maximum Gasteiger partial charge on any atom is 0.253 e. The van der Waals surface area contributed by atoms with Gasteiger partial charge >= 0.3 is 0 Å². The summed E-state index contributed by atoms with van der Waals surface area (Å²) in [6, 6.07) is 3.23. The van der Waals surface area contributed by atoms with Gasteiger partial charge in [0, 0.05) is 37.2 Å². The van der Waals surface area contributed by atoms with Gasteiger partial charge in [-0.05, 0) is 12.5 Å². The predicted molar refractivity (Wildman–Crippen MR) is 76.2 cm³/mol. The van der Waals surface area contributed by atoms with Gasteiger partial charge in [-0.25, -0.2) is 4.98 Å². The fourth-order valence-corrected chi connectivity index (χ4v) is 2.13. The molecule has 0 atom stereocenters. The summed E-state index contributed by atoms with van der Waals surface area (Å²) in [7, 11) is 0. The highest BCUT2D eigenvalue weighted by Gasteiger charge is 2.19. The molecule has 1 aromatic heterocycles. The molecule has 0 bridgehead atoms. The number of nitrogen functional groups attached to an aromatic ring is 1. The molecule has 1 aliphatic rings. The molecule has 7 heteroatoms. The lowest BCUT2D eigenvalue weighted by atomic mass is 10.1. The van der Waals surface area contributed by atoms with Gasteiger partial charge in [0.25, 0.3) is 5.91 Å². The van der Waals surface area contributed by atoms with E-state index < -0.39 is 0 Å². The van der Waals surface area contributed by atoms with Gasteiger partial charge in [0.15, 0.2) is 11.5 Å². The Labute approximate surface area is 121 Å². The van der Waals surface area contributed by atoms with Crippen molar-refractivity contribution in [3.63, 3.8) is 0 Å². The predicted octanol–water partition coefficient (Wildman–Crippen LogP) is 1.01. The standard InChI is InChI=1S/C14H16N4O3/c15-11-7-13-12(20-9-21-13)6-10(11)14(19)17-2-1-4-18-5-3-16-8-18/h3,5-8H,1-2,4,9,15H2,(H,17,19). The van der Waals surface area contributed by atoms with E-state index in [9.17, 15) is 4.79 Å². The summed E-state index contributed by atoms with van der Waals surface area (Å²) in [6.45, 7) is 1.52. The number of hydrogen-bond acceptors (Lipinski definition) is 5. The molecule has 0 saturated heterocycles. The Kier molecular flexibility index (Phi) is 3.63. The van der Waals surface area contributed by atoms with Crippen LogP contribution in [0.2, 0.25) is 0 Å². The Morgan fingerprint density at radius 3 is 2.95 bits per heavy atom. The molecule has 0 radical (unpaired) electrons. The van der Waals surface area contributed by atoms with E-state index in [0.717, 1.165) is 13.0 Å². The number of carbonyl (C=O) groups excluding carboxylic acids is 1. The third kappa shape index (κ3) is 2.91. The van der Waals surface area contributed by atoms with Crippen molar-refractivity contribution in [1.82, 2.24) is 14.9 Å². The van der Waals surface area contributed by atoms with Crippen molar-refractivity contribution in [2.24, 2.45) is 0 Å². The van der Waals surface area contributed by atoms with E-state index in [0.29, 0.717) is 29.3 Å². The van der Waals surface area contributed by atoms with Crippen LogP contribution in [0, 0.1) is 0 Å². The summed E-state index contributed by atoms with van der Waals surface area (Å²) in [5.74, 6) is 0.911. The normalized spacial score (nSPS) is 12.4. The maximum atomic E-state index is 12.1. The second kappa shape index (κ2) is 5.74. The number of fused-ring (bicyclic) bond motifs is 1. The lowest BCUT2D eigenvalue weighted by Crippen LogP contribution is -2.26. The number of imidazole rings is 1. The molecule has 0 saturated carbocycles. The topological polar surface area (TPSA) is 91.4 Å². The minimum absolute atomic E-state index is 0.157. The van der Waals surface area contributed by atoms with Gasteiger partial charge in [0.1, 0.15) is 0 Å². The van der Waals surface area contributed by atoms with Crippen LogP contribution >= 0.6 is 0 Å². The van der Waals surface area contributed by atoms with Gasteiger partial charge in [-0.1, -0.05) is 0 Å². The first-order valence-corrected chi connectivity index (χ1v) is 6.67. The van der Waals surface area contributed by atoms with E-state index in [1.807, 2.05) is 10.8 Å². The summed E-state index contributed by atoms with van der Waals surface area (Å²) < 4.78 is 12.4. The van der Waals surface area contributed by atoms with Gasteiger partial charge in [-0.2, -0.15) is 0 Å². The number of hydrogen-bond donors (Lipinski definition) is 2. The fraction of sp³-hybridized carbons (Fsp3) is 0.286. The molecule has 1 aromatic carbocycles. The summed E-state index contributed by atoms with van der Waals surface area (Å²) in [5, 5.41) is 2.84. The first-order chi connectivity index (χ1) is 10.2.